The molecule has 0 saturated carbocycles. The van der Waals surface area contributed by atoms with E-state index in [1.165, 1.54) is 12.0 Å². The van der Waals surface area contributed by atoms with Crippen molar-refractivity contribution in [3.05, 3.63) is 17.1 Å². The lowest BCUT2D eigenvalue weighted by molar-refractivity contribution is 0.895. The maximum absolute atomic E-state index is 5.72. The molecule has 0 bridgehead atoms. The number of hydrogen-bond acceptors (Lipinski definition) is 3. The molecule has 3 nitrogen and oxygen atoms in total. The molecule has 1 aromatic heterocycles. The molecule has 0 fully saturated rings. The SMILES string of the molecule is Cc1nc(N)c2c(n1)CCC2. The van der Waals surface area contributed by atoms with E-state index in [-0.39, 0.29) is 0 Å². The maximum Gasteiger partial charge on any atom is 0.130 e. The van der Waals surface area contributed by atoms with Crippen LogP contribution < -0.4 is 5.73 Å². The van der Waals surface area contributed by atoms with Gasteiger partial charge < -0.3 is 5.73 Å². The van der Waals surface area contributed by atoms with E-state index in [0.29, 0.717) is 5.82 Å². The van der Waals surface area contributed by atoms with Crippen LogP contribution in [0.1, 0.15) is 23.5 Å². The first-order valence-electron chi connectivity index (χ1n) is 3.89. The summed E-state index contributed by atoms with van der Waals surface area (Å²) in [5.74, 6) is 1.48. The Morgan fingerprint density at radius 3 is 2.91 bits per heavy atom. The zero-order chi connectivity index (χ0) is 7.84. The summed E-state index contributed by atoms with van der Waals surface area (Å²) in [6, 6.07) is 0. The van der Waals surface area contributed by atoms with Crippen LogP contribution in [0.25, 0.3) is 0 Å². The normalized spacial score (nSPS) is 15.0. The number of anilines is 1. The molecule has 1 aromatic rings. The number of aryl methyl sites for hydroxylation is 2. The standard InChI is InChI=1S/C8H11N3/c1-5-10-7-4-2-3-6(7)8(9)11-5/h2-4H2,1H3,(H2,9,10,11). The van der Waals surface area contributed by atoms with Gasteiger partial charge >= 0.3 is 0 Å². The summed E-state index contributed by atoms with van der Waals surface area (Å²) in [4.78, 5) is 8.44. The fourth-order valence-electron chi connectivity index (χ4n) is 1.59. The summed E-state index contributed by atoms with van der Waals surface area (Å²) >= 11 is 0. The smallest absolute Gasteiger partial charge is 0.130 e. The predicted octanol–water partition coefficient (Wildman–Crippen LogP) is 0.856. The molecule has 1 aliphatic rings. The number of hydrogen-bond donors (Lipinski definition) is 1. The van der Waals surface area contributed by atoms with Gasteiger partial charge in [-0.2, -0.15) is 0 Å². The average Bonchev–Trinajstić information content (AvgIpc) is 2.34. The molecule has 0 saturated heterocycles. The molecule has 2 N–H and O–H groups in total. The Hall–Kier alpha value is -1.12. The number of nitrogen functional groups attached to an aromatic ring is 1. The van der Waals surface area contributed by atoms with Crippen molar-refractivity contribution in [2.24, 2.45) is 0 Å². The minimum Gasteiger partial charge on any atom is -0.383 e. The van der Waals surface area contributed by atoms with E-state index >= 15 is 0 Å². The molecule has 3 heteroatoms. The Morgan fingerprint density at radius 1 is 1.27 bits per heavy atom. The second-order valence-corrected chi connectivity index (χ2v) is 2.93. The fourth-order valence-corrected chi connectivity index (χ4v) is 1.59. The molecule has 0 unspecified atom stereocenters. The molecule has 0 aromatic carbocycles. The zero-order valence-electron chi connectivity index (χ0n) is 6.59. The second kappa shape index (κ2) is 2.19. The van der Waals surface area contributed by atoms with Gasteiger partial charge in [-0.15, -0.1) is 0 Å². The number of fused-ring (bicyclic) bond motifs is 1. The Labute approximate surface area is 65.7 Å². The summed E-state index contributed by atoms with van der Waals surface area (Å²) in [5.41, 5.74) is 8.06. The number of rotatable bonds is 0. The van der Waals surface area contributed by atoms with Gasteiger partial charge in [-0.1, -0.05) is 0 Å². The average molecular weight is 149 g/mol. The van der Waals surface area contributed by atoms with Crippen LogP contribution in [-0.2, 0) is 12.8 Å². The lowest BCUT2D eigenvalue weighted by Gasteiger charge is -2.02. The fraction of sp³-hybridized carbons (Fsp3) is 0.500. The van der Waals surface area contributed by atoms with Gasteiger partial charge in [0, 0.05) is 11.3 Å². The lowest BCUT2D eigenvalue weighted by atomic mass is 10.2. The van der Waals surface area contributed by atoms with E-state index in [1.807, 2.05) is 6.92 Å². The lowest BCUT2D eigenvalue weighted by Crippen LogP contribution is -2.02. The minimum absolute atomic E-state index is 0.685. The molecule has 1 heterocycles. The third kappa shape index (κ3) is 0.964. The van der Waals surface area contributed by atoms with Crippen molar-refractivity contribution in [1.82, 2.24) is 9.97 Å². The van der Waals surface area contributed by atoms with Crippen LogP contribution in [0.4, 0.5) is 5.82 Å². The van der Waals surface area contributed by atoms with E-state index in [4.69, 9.17) is 5.73 Å². The van der Waals surface area contributed by atoms with Crippen LogP contribution in [0.15, 0.2) is 0 Å². The molecular formula is C8H11N3. The highest BCUT2D eigenvalue weighted by Gasteiger charge is 2.15. The van der Waals surface area contributed by atoms with Crippen molar-refractivity contribution in [3.63, 3.8) is 0 Å². The van der Waals surface area contributed by atoms with Gasteiger partial charge in [0.15, 0.2) is 0 Å². The van der Waals surface area contributed by atoms with Crippen molar-refractivity contribution < 1.29 is 0 Å². The summed E-state index contributed by atoms with van der Waals surface area (Å²) < 4.78 is 0. The predicted molar refractivity (Wildman–Crippen MR) is 43.2 cm³/mol. The first-order chi connectivity index (χ1) is 5.27. The molecule has 0 radical (unpaired) electrons. The van der Waals surface area contributed by atoms with Crippen LogP contribution >= 0.6 is 0 Å². The highest BCUT2D eigenvalue weighted by molar-refractivity contribution is 5.44. The molecule has 0 amide bonds. The quantitative estimate of drug-likeness (QED) is 0.595. The molecule has 0 atom stereocenters. The summed E-state index contributed by atoms with van der Waals surface area (Å²) in [7, 11) is 0. The van der Waals surface area contributed by atoms with Crippen LogP contribution in [0.2, 0.25) is 0 Å². The molecule has 1 aliphatic carbocycles. The number of nitrogens with zero attached hydrogens (tertiary/aromatic N) is 2. The van der Waals surface area contributed by atoms with Crippen molar-refractivity contribution in [1.29, 1.82) is 0 Å². The van der Waals surface area contributed by atoms with E-state index in [1.54, 1.807) is 0 Å². The van der Waals surface area contributed by atoms with Gasteiger partial charge in [-0.3, -0.25) is 0 Å². The third-order valence-electron chi connectivity index (χ3n) is 2.08. The highest BCUT2D eigenvalue weighted by Crippen LogP contribution is 2.23. The van der Waals surface area contributed by atoms with Crippen molar-refractivity contribution in [3.8, 4) is 0 Å². The van der Waals surface area contributed by atoms with Gasteiger partial charge in [0.25, 0.3) is 0 Å². The molecule has 11 heavy (non-hydrogen) atoms. The summed E-state index contributed by atoms with van der Waals surface area (Å²) in [6.45, 7) is 1.88. The van der Waals surface area contributed by atoms with Gasteiger partial charge in [0.1, 0.15) is 11.6 Å². The van der Waals surface area contributed by atoms with E-state index in [0.717, 1.165) is 24.4 Å². The molecule has 58 valence electrons. The Balaban J connectivity index is 2.60. The maximum atomic E-state index is 5.72. The minimum atomic E-state index is 0.685. The Kier molecular flexibility index (Phi) is 1.31. The first-order valence-corrected chi connectivity index (χ1v) is 3.89. The van der Waals surface area contributed by atoms with E-state index < -0.39 is 0 Å². The van der Waals surface area contributed by atoms with Gasteiger partial charge in [-0.05, 0) is 26.2 Å². The topological polar surface area (TPSA) is 51.8 Å². The molecule has 0 aliphatic heterocycles. The monoisotopic (exact) mass is 149 g/mol. The number of nitrogens with two attached hydrogens (primary N) is 1. The second-order valence-electron chi connectivity index (χ2n) is 2.93. The number of aromatic nitrogens is 2. The highest BCUT2D eigenvalue weighted by atomic mass is 14.9. The van der Waals surface area contributed by atoms with Crippen molar-refractivity contribution >= 4 is 5.82 Å². The van der Waals surface area contributed by atoms with Crippen molar-refractivity contribution in [2.75, 3.05) is 5.73 Å². The van der Waals surface area contributed by atoms with Gasteiger partial charge in [0.2, 0.25) is 0 Å². The van der Waals surface area contributed by atoms with Gasteiger partial charge in [0.05, 0.1) is 0 Å². The molecular weight excluding hydrogens is 138 g/mol. The first kappa shape index (κ1) is 6.58. The third-order valence-corrected chi connectivity index (χ3v) is 2.08. The summed E-state index contributed by atoms with van der Waals surface area (Å²) in [5, 5.41) is 0. The largest absolute Gasteiger partial charge is 0.383 e. The van der Waals surface area contributed by atoms with Crippen LogP contribution in [0.3, 0.4) is 0 Å². The van der Waals surface area contributed by atoms with Crippen LogP contribution in [0.5, 0.6) is 0 Å². The van der Waals surface area contributed by atoms with Crippen LogP contribution in [0, 0.1) is 6.92 Å². The zero-order valence-corrected chi connectivity index (χ0v) is 6.59. The molecule has 2 rings (SSSR count). The van der Waals surface area contributed by atoms with Gasteiger partial charge in [-0.25, -0.2) is 9.97 Å². The van der Waals surface area contributed by atoms with E-state index in [2.05, 4.69) is 9.97 Å². The Morgan fingerprint density at radius 2 is 2.09 bits per heavy atom. The molecule has 0 spiro atoms. The summed E-state index contributed by atoms with van der Waals surface area (Å²) in [6.07, 6.45) is 3.31. The Bertz CT molecular complexity index is 294. The van der Waals surface area contributed by atoms with Crippen molar-refractivity contribution in [2.45, 2.75) is 26.2 Å². The van der Waals surface area contributed by atoms with E-state index in [9.17, 15) is 0 Å². The van der Waals surface area contributed by atoms with Crippen LogP contribution in [-0.4, -0.2) is 9.97 Å².